The van der Waals surface area contributed by atoms with Crippen molar-refractivity contribution in [3.8, 4) is 0 Å². The van der Waals surface area contributed by atoms with E-state index in [0.29, 0.717) is 6.92 Å². The summed E-state index contributed by atoms with van der Waals surface area (Å²) >= 11 is 0. The Kier molecular flexibility index (Phi) is 3.95. The van der Waals surface area contributed by atoms with Gasteiger partial charge in [-0.2, -0.15) is 22.0 Å². The van der Waals surface area contributed by atoms with Gasteiger partial charge in [0.15, 0.2) is 0 Å². The molecule has 0 spiro atoms. The second-order valence-electron chi connectivity index (χ2n) is 2.53. The van der Waals surface area contributed by atoms with Crippen molar-refractivity contribution in [2.45, 2.75) is 24.1 Å². The summed E-state index contributed by atoms with van der Waals surface area (Å²) in [6.07, 6.45) is -1.37. The molecule has 0 aromatic rings. The first-order chi connectivity index (χ1) is 6.77. The molecular formula is C4H6F5NO4S2. The van der Waals surface area contributed by atoms with Gasteiger partial charge in [0.25, 0.3) is 10.0 Å². The van der Waals surface area contributed by atoms with Crippen LogP contribution >= 0.6 is 0 Å². The lowest BCUT2D eigenvalue weighted by Gasteiger charge is -2.16. The van der Waals surface area contributed by atoms with Gasteiger partial charge in [0.2, 0.25) is 0 Å². The summed E-state index contributed by atoms with van der Waals surface area (Å²) in [5.41, 5.74) is -5.98. The molecule has 98 valence electrons. The Morgan fingerprint density at radius 3 is 1.56 bits per heavy atom. The maximum absolute atomic E-state index is 12.6. The number of sulfonamides is 2. The number of rotatable bonds is 4. The van der Waals surface area contributed by atoms with E-state index in [0.717, 1.165) is 0 Å². The summed E-state index contributed by atoms with van der Waals surface area (Å²) in [7, 11) is -12.3. The number of halogens is 5. The number of nitrogens with one attached hydrogen (secondary N) is 1. The summed E-state index contributed by atoms with van der Waals surface area (Å²) < 4.78 is 102. The standard InChI is InChI=1S/C4H6F5NO4S2/c1-2-3(5,6)15(11,12)10-16(13,14)4(7,8)9/h10H,2H2,1H3. The van der Waals surface area contributed by atoms with Crippen LogP contribution in [0.25, 0.3) is 0 Å². The zero-order chi connectivity index (χ0) is 13.4. The van der Waals surface area contributed by atoms with Crippen LogP contribution in [0.15, 0.2) is 0 Å². The average molecular weight is 291 g/mol. The Morgan fingerprint density at radius 2 is 1.31 bits per heavy atom. The van der Waals surface area contributed by atoms with Crippen LogP contribution in [0.5, 0.6) is 0 Å². The summed E-state index contributed by atoms with van der Waals surface area (Å²) in [4.78, 5) is 0. The normalized spacial score (nSPS) is 15.1. The van der Waals surface area contributed by atoms with E-state index in [1.807, 2.05) is 0 Å². The molecule has 0 amide bonds. The lowest BCUT2D eigenvalue weighted by atomic mass is 10.5. The lowest BCUT2D eigenvalue weighted by molar-refractivity contribution is -0.0442. The molecule has 0 atom stereocenters. The molecule has 5 nitrogen and oxygen atoms in total. The van der Waals surface area contributed by atoms with Gasteiger partial charge in [0, 0.05) is 6.42 Å². The highest BCUT2D eigenvalue weighted by molar-refractivity contribution is 8.05. The van der Waals surface area contributed by atoms with E-state index >= 15 is 0 Å². The summed E-state index contributed by atoms with van der Waals surface area (Å²) in [6.45, 7) is 0.666. The predicted molar refractivity (Wildman–Crippen MR) is 42.3 cm³/mol. The van der Waals surface area contributed by atoms with Crippen molar-refractivity contribution >= 4 is 20.0 Å². The molecule has 0 aliphatic carbocycles. The largest absolute Gasteiger partial charge is 0.512 e. The molecule has 0 bridgehead atoms. The molecule has 0 aliphatic heterocycles. The summed E-state index contributed by atoms with van der Waals surface area (Å²) in [5.74, 6) is 0. The van der Waals surface area contributed by atoms with Crippen LogP contribution in [0, 0.1) is 0 Å². The molecule has 1 N–H and O–H groups in total. The Bertz CT molecular complexity index is 449. The van der Waals surface area contributed by atoms with E-state index < -0.39 is 37.2 Å². The van der Waals surface area contributed by atoms with Gasteiger partial charge in [0.05, 0.1) is 0 Å². The third-order valence-electron chi connectivity index (χ3n) is 1.33. The van der Waals surface area contributed by atoms with Crippen LogP contribution in [0.3, 0.4) is 0 Å². The molecule has 0 heterocycles. The van der Waals surface area contributed by atoms with Crippen LogP contribution in [0.2, 0.25) is 0 Å². The predicted octanol–water partition coefficient (Wildman–Crippen LogP) is 0.758. The zero-order valence-corrected chi connectivity index (χ0v) is 9.18. The van der Waals surface area contributed by atoms with Crippen molar-refractivity contribution in [1.82, 2.24) is 4.13 Å². The van der Waals surface area contributed by atoms with Crippen LogP contribution < -0.4 is 4.13 Å². The topological polar surface area (TPSA) is 80.3 Å². The van der Waals surface area contributed by atoms with Crippen LogP contribution in [-0.2, 0) is 20.0 Å². The number of hydrogen-bond donors (Lipinski definition) is 1. The third-order valence-corrected chi connectivity index (χ3v) is 4.77. The molecule has 0 rings (SSSR count). The first kappa shape index (κ1) is 15.5. The fourth-order valence-electron chi connectivity index (χ4n) is 0.443. The molecular weight excluding hydrogens is 285 g/mol. The molecule has 0 aromatic carbocycles. The minimum Gasteiger partial charge on any atom is -0.205 e. The molecule has 0 unspecified atom stereocenters. The maximum atomic E-state index is 12.6. The van der Waals surface area contributed by atoms with E-state index in [1.165, 1.54) is 0 Å². The second kappa shape index (κ2) is 4.07. The van der Waals surface area contributed by atoms with Crippen molar-refractivity contribution in [3.05, 3.63) is 0 Å². The molecule has 0 aromatic heterocycles. The Balaban J connectivity index is 5.34. The number of hydrogen-bond acceptors (Lipinski definition) is 4. The highest BCUT2D eigenvalue weighted by Gasteiger charge is 2.53. The van der Waals surface area contributed by atoms with Gasteiger partial charge in [-0.25, -0.2) is 16.8 Å². The third kappa shape index (κ3) is 3.01. The van der Waals surface area contributed by atoms with Gasteiger partial charge < -0.3 is 0 Å². The summed E-state index contributed by atoms with van der Waals surface area (Å²) in [6, 6.07) is 0. The zero-order valence-electron chi connectivity index (χ0n) is 7.55. The van der Waals surface area contributed by atoms with E-state index in [1.54, 1.807) is 0 Å². The quantitative estimate of drug-likeness (QED) is 0.775. The fourth-order valence-corrected chi connectivity index (χ4v) is 2.84. The maximum Gasteiger partial charge on any atom is 0.512 e. The van der Waals surface area contributed by atoms with E-state index in [2.05, 4.69) is 0 Å². The van der Waals surface area contributed by atoms with E-state index in [9.17, 15) is 38.8 Å². The molecule has 0 saturated carbocycles. The minimum absolute atomic E-state index is 0.0668. The first-order valence-corrected chi connectivity index (χ1v) is 6.46. The molecule has 0 aliphatic rings. The van der Waals surface area contributed by atoms with Crippen molar-refractivity contribution in [2.75, 3.05) is 0 Å². The van der Waals surface area contributed by atoms with Gasteiger partial charge in [-0.05, 0) is 0 Å². The monoisotopic (exact) mass is 291 g/mol. The Morgan fingerprint density at radius 1 is 0.938 bits per heavy atom. The van der Waals surface area contributed by atoms with Gasteiger partial charge in [-0.15, -0.1) is 0 Å². The molecule has 0 fully saturated rings. The summed E-state index contributed by atoms with van der Waals surface area (Å²) in [5, 5.41) is -4.61. The Hall–Kier alpha value is -0.490. The average Bonchev–Trinajstić information content (AvgIpc) is 1.99. The molecule has 0 saturated heterocycles. The van der Waals surface area contributed by atoms with Crippen molar-refractivity contribution in [3.63, 3.8) is 0 Å². The first-order valence-electron chi connectivity index (χ1n) is 3.49. The van der Waals surface area contributed by atoms with Crippen LogP contribution in [-0.4, -0.2) is 27.6 Å². The number of alkyl halides is 5. The minimum atomic E-state index is -6.37. The molecule has 12 heteroatoms. The van der Waals surface area contributed by atoms with Gasteiger partial charge in [-0.1, -0.05) is 11.1 Å². The smallest absolute Gasteiger partial charge is 0.205 e. The molecule has 16 heavy (non-hydrogen) atoms. The van der Waals surface area contributed by atoms with Crippen LogP contribution in [0.4, 0.5) is 22.0 Å². The van der Waals surface area contributed by atoms with E-state index in [-0.39, 0.29) is 4.13 Å². The highest BCUT2D eigenvalue weighted by atomic mass is 32.3. The van der Waals surface area contributed by atoms with Gasteiger partial charge >= 0.3 is 20.8 Å². The van der Waals surface area contributed by atoms with Crippen molar-refractivity contribution in [1.29, 1.82) is 0 Å². The van der Waals surface area contributed by atoms with Crippen molar-refractivity contribution in [2.24, 2.45) is 0 Å². The van der Waals surface area contributed by atoms with E-state index in [4.69, 9.17) is 0 Å². The van der Waals surface area contributed by atoms with Gasteiger partial charge in [-0.3, -0.25) is 0 Å². The second-order valence-corrected chi connectivity index (χ2v) is 6.27. The fraction of sp³-hybridized carbons (Fsp3) is 1.00. The molecule has 0 radical (unpaired) electrons. The van der Waals surface area contributed by atoms with Crippen molar-refractivity contribution < 1.29 is 38.8 Å². The highest BCUT2D eigenvalue weighted by Crippen LogP contribution is 2.28. The van der Waals surface area contributed by atoms with Crippen LogP contribution in [0.1, 0.15) is 13.3 Å². The lowest BCUT2D eigenvalue weighted by Crippen LogP contribution is -2.47. The Labute approximate surface area is 87.7 Å². The SMILES string of the molecule is CCC(F)(F)S(=O)(=O)NS(=O)(=O)C(F)(F)F. The van der Waals surface area contributed by atoms with Gasteiger partial charge in [0.1, 0.15) is 0 Å².